The lowest BCUT2D eigenvalue weighted by Crippen LogP contribution is -2.28. The second kappa shape index (κ2) is 5.71. The number of benzene rings is 1. The minimum atomic E-state index is -3.44. The Morgan fingerprint density at radius 1 is 1.22 bits per heavy atom. The molecular weight excluding hydrogens is 250 g/mol. The molecule has 1 N–H and O–H groups in total. The van der Waals surface area contributed by atoms with Crippen LogP contribution in [0.4, 0.5) is 0 Å². The number of hydrogen-bond donors (Lipinski definition) is 1. The highest BCUT2D eigenvalue weighted by molar-refractivity contribution is 7.89. The van der Waals surface area contributed by atoms with Crippen molar-refractivity contribution in [3.8, 4) is 5.75 Å². The SMILES string of the molecule is COc1ccc(S(=O)(=O)NCC(C)C)c(C)c1C. The first-order valence-electron chi connectivity index (χ1n) is 5.93. The standard InChI is InChI=1S/C13H21NO3S/c1-9(2)8-14-18(15,16)13-7-6-12(17-5)10(3)11(13)4/h6-7,9,14H,8H2,1-5H3. The van der Waals surface area contributed by atoms with Gasteiger partial charge in [-0.2, -0.15) is 0 Å². The number of ether oxygens (including phenoxy) is 1. The Labute approximate surface area is 109 Å². The first kappa shape index (κ1) is 15.0. The molecular formula is C13H21NO3S. The van der Waals surface area contributed by atoms with Gasteiger partial charge in [0.1, 0.15) is 5.75 Å². The van der Waals surface area contributed by atoms with Crippen LogP contribution in [-0.2, 0) is 10.0 Å². The summed E-state index contributed by atoms with van der Waals surface area (Å²) < 4.78 is 32.1. The van der Waals surface area contributed by atoms with Crippen molar-refractivity contribution >= 4 is 10.0 Å². The van der Waals surface area contributed by atoms with Crippen LogP contribution in [0.5, 0.6) is 5.75 Å². The van der Waals surface area contributed by atoms with E-state index in [0.29, 0.717) is 17.2 Å². The van der Waals surface area contributed by atoms with E-state index in [1.54, 1.807) is 26.2 Å². The zero-order chi connectivity index (χ0) is 13.9. The average Bonchev–Trinajstić information content (AvgIpc) is 2.30. The van der Waals surface area contributed by atoms with Gasteiger partial charge in [-0.15, -0.1) is 0 Å². The van der Waals surface area contributed by atoms with Crippen molar-refractivity contribution in [2.45, 2.75) is 32.6 Å². The molecule has 0 heterocycles. The van der Waals surface area contributed by atoms with Crippen molar-refractivity contribution in [3.63, 3.8) is 0 Å². The summed E-state index contributed by atoms with van der Waals surface area (Å²) in [5.74, 6) is 0.981. The zero-order valence-corrected chi connectivity index (χ0v) is 12.4. The van der Waals surface area contributed by atoms with Gasteiger partial charge in [0.25, 0.3) is 0 Å². The van der Waals surface area contributed by atoms with Gasteiger partial charge in [0.2, 0.25) is 10.0 Å². The Kier molecular flexibility index (Phi) is 4.76. The fourth-order valence-electron chi connectivity index (χ4n) is 1.64. The summed E-state index contributed by atoms with van der Waals surface area (Å²) in [6, 6.07) is 3.27. The van der Waals surface area contributed by atoms with Crippen molar-refractivity contribution in [2.75, 3.05) is 13.7 Å². The van der Waals surface area contributed by atoms with E-state index in [-0.39, 0.29) is 5.92 Å². The minimum Gasteiger partial charge on any atom is -0.496 e. The highest BCUT2D eigenvalue weighted by atomic mass is 32.2. The zero-order valence-electron chi connectivity index (χ0n) is 11.6. The molecule has 0 aliphatic heterocycles. The van der Waals surface area contributed by atoms with Gasteiger partial charge in [0.15, 0.2) is 0 Å². The fraction of sp³-hybridized carbons (Fsp3) is 0.538. The molecule has 0 bridgehead atoms. The van der Waals surface area contributed by atoms with Crippen LogP contribution in [0.25, 0.3) is 0 Å². The van der Waals surface area contributed by atoms with E-state index < -0.39 is 10.0 Å². The van der Waals surface area contributed by atoms with Gasteiger partial charge >= 0.3 is 0 Å². The van der Waals surface area contributed by atoms with Gasteiger partial charge in [0, 0.05) is 6.54 Å². The minimum absolute atomic E-state index is 0.277. The Hall–Kier alpha value is -1.07. The Balaban J connectivity index is 3.14. The Bertz CT molecular complexity index is 521. The van der Waals surface area contributed by atoms with Crippen molar-refractivity contribution in [2.24, 2.45) is 5.92 Å². The van der Waals surface area contributed by atoms with Gasteiger partial charge in [-0.05, 0) is 43.0 Å². The second-order valence-electron chi connectivity index (χ2n) is 4.76. The molecule has 0 spiro atoms. The van der Waals surface area contributed by atoms with E-state index in [1.807, 2.05) is 20.8 Å². The van der Waals surface area contributed by atoms with Crippen LogP contribution in [0.1, 0.15) is 25.0 Å². The molecule has 0 radical (unpaired) electrons. The summed E-state index contributed by atoms with van der Waals surface area (Å²) in [5.41, 5.74) is 1.58. The maximum atomic E-state index is 12.2. The van der Waals surface area contributed by atoms with Crippen molar-refractivity contribution in [1.29, 1.82) is 0 Å². The molecule has 0 saturated carbocycles. The number of sulfonamides is 1. The molecule has 18 heavy (non-hydrogen) atoms. The number of rotatable bonds is 5. The summed E-state index contributed by atoms with van der Waals surface area (Å²) in [7, 11) is -1.86. The van der Waals surface area contributed by atoms with E-state index in [2.05, 4.69) is 4.72 Å². The monoisotopic (exact) mass is 271 g/mol. The number of nitrogens with one attached hydrogen (secondary N) is 1. The van der Waals surface area contributed by atoms with Crippen LogP contribution in [-0.4, -0.2) is 22.1 Å². The molecule has 0 amide bonds. The van der Waals surface area contributed by atoms with Crippen LogP contribution < -0.4 is 9.46 Å². The highest BCUT2D eigenvalue weighted by Crippen LogP contribution is 2.26. The van der Waals surface area contributed by atoms with Crippen LogP contribution in [0.15, 0.2) is 17.0 Å². The lowest BCUT2D eigenvalue weighted by Gasteiger charge is -2.14. The maximum Gasteiger partial charge on any atom is 0.240 e. The van der Waals surface area contributed by atoms with Crippen LogP contribution in [0, 0.1) is 19.8 Å². The first-order valence-corrected chi connectivity index (χ1v) is 7.41. The molecule has 0 fully saturated rings. The topological polar surface area (TPSA) is 55.4 Å². The molecule has 1 rings (SSSR count). The Morgan fingerprint density at radius 3 is 2.33 bits per heavy atom. The maximum absolute atomic E-state index is 12.2. The van der Waals surface area contributed by atoms with Crippen LogP contribution >= 0.6 is 0 Å². The number of hydrogen-bond acceptors (Lipinski definition) is 3. The Morgan fingerprint density at radius 2 is 1.83 bits per heavy atom. The summed E-state index contributed by atoms with van der Waals surface area (Å²) >= 11 is 0. The van der Waals surface area contributed by atoms with Gasteiger partial charge < -0.3 is 4.74 Å². The summed E-state index contributed by atoms with van der Waals surface area (Å²) in [6.45, 7) is 8.02. The third-order valence-electron chi connectivity index (χ3n) is 2.88. The molecule has 0 aliphatic carbocycles. The largest absolute Gasteiger partial charge is 0.496 e. The molecule has 4 nitrogen and oxygen atoms in total. The van der Waals surface area contributed by atoms with Gasteiger partial charge in [-0.3, -0.25) is 0 Å². The summed E-state index contributed by atoms with van der Waals surface area (Å²) in [4.78, 5) is 0.321. The van der Waals surface area contributed by atoms with E-state index in [9.17, 15) is 8.42 Å². The molecule has 0 atom stereocenters. The molecule has 1 aromatic carbocycles. The molecule has 102 valence electrons. The molecule has 5 heteroatoms. The van der Waals surface area contributed by atoms with E-state index in [0.717, 1.165) is 11.1 Å². The molecule has 0 saturated heterocycles. The predicted octanol–water partition coefficient (Wildman–Crippen LogP) is 2.25. The van der Waals surface area contributed by atoms with Crippen LogP contribution in [0.2, 0.25) is 0 Å². The van der Waals surface area contributed by atoms with Crippen molar-refractivity contribution in [1.82, 2.24) is 4.72 Å². The smallest absolute Gasteiger partial charge is 0.240 e. The van der Waals surface area contributed by atoms with E-state index in [4.69, 9.17) is 4.74 Å². The normalized spacial score (nSPS) is 11.9. The molecule has 0 unspecified atom stereocenters. The third kappa shape index (κ3) is 3.23. The quantitative estimate of drug-likeness (QED) is 0.893. The fourth-order valence-corrected chi connectivity index (χ4v) is 3.15. The molecule has 0 aliphatic rings. The van der Waals surface area contributed by atoms with E-state index >= 15 is 0 Å². The summed E-state index contributed by atoms with van der Waals surface area (Å²) in [5, 5.41) is 0. The number of methoxy groups -OCH3 is 1. The van der Waals surface area contributed by atoms with Crippen LogP contribution in [0.3, 0.4) is 0 Å². The highest BCUT2D eigenvalue weighted by Gasteiger charge is 2.19. The van der Waals surface area contributed by atoms with Gasteiger partial charge in [-0.1, -0.05) is 13.8 Å². The second-order valence-corrected chi connectivity index (χ2v) is 6.50. The van der Waals surface area contributed by atoms with Gasteiger partial charge in [0.05, 0.1) is 12.0 Å². The predicted molar refractivity (Wildman–Crippen MR) is 72.5 cm³/mol. The average molecular weight is 271 g/mol. The first-order chi connectivity index (χ1) is 8.29. The van der Waals surface area contributed by atoms with E-state index in [1.165, 1.54) is 0 Å². The third-order valence-corrected chi connectivity index (χ3v) is 4.45. The molecule has 1 aromatic rings. The van der Waals surface area contributed by atoms with Crippen molar-refractivity contribution < 1.29 is 13.2 Å². The van der Waals surface area contributed by atoms with Crippen molar-refractivity contribution in [3.05, 3.63) is 23.3 Å². The van der Waals surface area contributed by atoms with Gasteiger partial charge in [-0.25, -0.2) is 13.1 Å². The summed E-state index contributed by atoms with van der Waals surface area (Å²) in [6.07, 6.45) is 0. The molecule has 0 aromatic heterocycles. The lowest BCUT2D eigenvalue weighted by molar-refractivity contribution is 0.410. The lowest BCUT2D eigenvalue weighted by atomic mass is 10.1.